The summed E-state index contributed by atoms with van der Waals surface area (Å²) in [5.74, 6) is 7.71. The molecule has 8 aliphatic carbocycles. The van der Waals surface area contributed by atoms with Crippen LogP contribution in [0.2, 0.25) is 0 Å². The molecule has 212 valence electrons. The second-order valence-corrected chi connectivity index (χ2v) is 15.9. The maximum Gasteiger partial charge on any atom is 0.127 e. The van der Waals surface area contributed by atoms with Crippen LogP contribution in [0.1, 0.15) is 88.2 Å². The van der Waals surface area contributed by atoms with Gasteiger partial charge in [0.1, 0.15) is 36.9 Å². The minimum atomic E-state index is 0.256. The fourth-order valence-electron chi connectivity index (χ4n) is 12.0. The van der Waals surface area contributed by atoms with Gasteiger partial charge in [-0.1, -0.05) is 0 Å². The Morgan fingerprint density at radius 1 is 0.550 bits per heavy atom. The Hall–Kier alpha value is -1.78. The van der Waals surface area contributed by atoms with Crippen LogP contribution in [0, 0.1) is 35.5 Å². The third-order valence-electron chi connectivity index (χ3n) is 12.9. The van der Waals surface area contributed by atoms with Gasteiger partial charge < -0.3 is 18.9 Å². The molecule has 10 aliphatic rings. The van der Waals surface area contributed by atoms with E-state index in [-0.39, 0.29) is 12.2 Å². The molecule has 12 rings (SSSR count). The lowest BCUT2D eigenvalue weighted by Crippen LogP contribution is -2.52. The van der Waals surface area contributed by atoms with E-state index >= 15 is 0 Å². The normalized spacial score (nSPS) is 45.3. The molecule has 2 aromatic rings. The van der Waals surface area contributed by atoms with Crippen molar-refractivity contribution in [2.75, 3.05) is 26.4 Å². The Balaban J connectivity index is 1.17. The minimum absolute atomic E-state index is 0.256. The van der Waals surface area contributed by atoms with Crippen molar-refractivity contribution in [3.05, 3.63) is 35.4 Å². The molecule has 8 saturated carbocycles. The van der Waals surface area contributed by atoms with Crippen LogP contribution in [0.5, 0.6) is 11.5 Å². The first-order valence-corrected chi connectivity index (χ1v) is 16.7. The highest BCUT2D eigenvalue weighted by molar-refractivity contribution is 5.95. The highest BCUT2D eigenvalue weighted by Crippen LogP contribution is 2.66. The number of hydrogen-bond donors (Lipinski definition) is 0. The molecule has 2 aromatic carbocycles. The molecule has 2 atom stereocenters. The quantitative estimate of drug-likeness (QED) is 0.329. The Labute approximate surface area is 238 Å². The summed E-state index contributed by atoms with van der Waals surface area (Å²) in [6.45, 7) is 2.95. The fraction of sp³-hybridized carbons (Fsp3) is 0.722. The minimum Gasteiger partial charge on any atom is -0.490 e. The third-order valence-corrected chi connectivity index (χ3v) is 12.9. The van der Waals surface area contributed by atoms with Crippen molar-refractivity contribution in [3.63, 3.8) is 0 Å². The molecule has 4 nitrogen and oxygen atoms in total. The summed E-state index contributed by atoms with van der Waals surface area (Å²) in [6, 6.07) is 9.67. The predicted octanol–water partition coefficient (Wildman–Crippen LogP) is 7.33. The lowest BCUT2D eigenvalue weighted by Gasteiger charge is -2.61. The number of hydrogen-bond acceptors (Lipinski definition) is 4. The van der Waals surface area contributed by atoms with Crippen LogP contribution in [-0.4, -0.2) is 38.6 Å². The standard InChI is InChI=1S/C36H44O4/c1-2-34(40-20-28-18-38-28)30-10-32(36-14-24-6-25(15-36)8-26(7-24)16-36)31(9-29(30)33(1)39-19-27-17-37-27)35-11-21-3-22(12-35)5-23(4-21)13-35/h1-2,9-10,21-28H,3-8,11-20H2. The van der Waals surface area contributed by atoms with Crippen LogP contribution in [0.25, 0.3) is 10.8 Å². The van der Waals surface area contributed by atoms with Crippen molar-refractivity contribution in [1.82, 2.24) is 0 Å². The molecule has 2 unspecified atom stereocenters. The monoisotopic (exact) mass is 540 g/mol. The van der Waals surface area contributed by atoms with Gasteiger partial charge >= 0.3 is 0 Å². The van der Waals surface area contributed by atoms with Crippen LogP contribution in [0.3, 0.4) is 0 Å². The maximum atomic E-state index is 6.49. The maximum absolute atomic E-state index is 6.49. The van der Waals surface area contributed by atoms with E-state index in [1.54, 1.807) is 11.1 Å². The van der Waals surface area contributed by atoms with Gasteiger partial charge in [0.15, 0.2) is 0 Å². The summed E-state index contributed by atoms with van der Waals surface area (Å²) in [5, 5.41) is 2.54. The van der Waals surface area contributed by atoms with Crippen molar-refractivity contribution in [3.8, 4) is 11.5 Å². The van der Waals surface area contributed by atoms with Crippen molar-refractivity contribution in [2.45, 2.75) is 100 Å². The molecule has 0 N–H and O–H groups in total. The van der Waals surface area contributed by atoms with Gasteiger partial charge in [0.05, 0.1) is 13.2 Å². The van der Waals surface area contributed by atoms with E-state index in [9.17, 15) is 0 Å². The average molecular weight is 541 g/mol. The molecule has 0 radical (unpaired) electrons. The summed E-state index contributed by atoms with van der Waals surface area (Å²) >= 11 is 0. The van der Waals surface area contributed by atoms with Gasteiger partial charge in [-0.15, -0.1) is 0 Å². The van der Waals surface area contributed by atoms with Crippen molar-refractivity contribution >= 4 is 10.8 Å². The summed E-state index contributed by atoms with van der Waals surface area (Å²) in [5.41, 5.74) is 4.24. The number of epoxide rings is 2. The highest BCUT2D eigenvalue weighted by atomic mass is 16.6. The molecule has 2 heterocycles. The van der Waals surface area contributed by atoms with Crippen molar-refractivity contribution in [2.24, 2.45) is 35.5 Å². The molecule has 2 saturated heterocycles. The van der Waals surface area contributed by atoms with E-state index in [0.717, 1.165) is 60.2 Å². The predicted molar refractivity (Wildman–Crippen MR) is 154 cm³/mol. The number of fused-ring (bicyclic) bond motifs is 1. The molecule has 0 amide bonds. The van der Waals surface area contributed by atoms with Crippen molar-refractivity contribution < 1.29 is 18.9 Å². The van der Waals surface area contributed by atoms with E-state index in [4.69, 9.17) is 18.9 Å². The highest BCUT2D eigenvalue weighted by Gasteiger charge is 2.56. The first kappa shape index (κ1) is 23.7. The van der Waals surface area contributed by atoms with E-state index in [1.807, 2.05) is 0 Å². The van der Waals surface area contributed by atoms with Gasteiger partial charge in [0, 0.05) is 10.8 Å². The van der Waals surface area contributed by atoms with Gasteiger partial charge in [0.25, 0.3) is 0 Å². The van der Waals surface area contributed by atoms with E-state index < -0.39 is 0 Å². The Bertz CT molecular complexity index is 1180. The zero-order valence-electron chi connectivity index (χ0n) is 23.9. The molecule has 2 aliphatic heterocycles. The molecular weight excluding hydrogens is 496 g/mol. The molecule has 4 heteroatoms. The summed E-state index contributed by atoms with van der Waals surface area (Å²) in [4.78, 5) is 0. The Morgan fingerprint density at radius 2 is 0.875 bits per heavy atom. The van der Waals surface area contributed by atoms with Crippen LogP contribution in [0.4, 0.5) is 0 Å². The molecule has 10 fully saturated rings. The largest absolute Gasteiger partial charge is 0.490 e. The second-order valence-electron chi connectivity index (χ2n) is 15.9. The van der Waals surface area contributed by atoms with Crippen LogP contribution >= 0.6 is 0 Å². The Morgan fingerprint density at radius 3 is 1.18 bits per heavy atom. The van der Waals surface area contributed by atoms with Crippen molar-refractivity contribution in [1.29, 1.82) is 0 Å². The molecule has 0 spiro atoms. The van der Waals surface area contributed by atoms with Gasteiger partial charge in [-0.3, -0.25) is 0 Å². The topological polar surface area (TPSA) is 43.5 Å². The van der Waals surface area contributed by atoms with E-state index in [1.165, 1.54) is 87.8 Å². The van der Waals surface area contributed by atoms with E-state index in [0.29, 0.717) is 24.0 Å². The lowest BCUT2D eigenvalue weighted by molar-refractivity contribution is -0.0173. The number of ether oxygens (including phenoxy) is 4. The average Bonchev–Trinajstić information content (AvgIpc) is 3.85. The number of benzene rings is 2. The second kappa shape index (κ2) is 8.40. The first-order chi connectivity index (χ1) is 19.6. The summed E-state index contributed by atoms with van der Waals surface area (Å²) < 4.78 is 24.0. The first-order valence-electron chi connectivity index (χ1n) is 16.7. The fourth-order valence-corrected chi connectivity index (χ4v) is 12.0. The molecule has 0 aromatic heterocycles. The van der Waals surface area contributed by atoms with Crippen LogP contribution in [-0.2, 0) is 20.3 Å². The van der Waals surface area contributed by atoms with Gasteiger partial charge in [0.2, 0.25) is 0 Å². The third kappa shape index (κ3) is 3.77. The molecular formula is C36H44O4. The SMILES string of the molecule is c1cc(OCC2CO2)c2cc(C34CC5CC(CC(C5)C3)C4)c(C34CC5CC(CC(C5)C3)C4)cc2c1OCC1CO1. The Kier molecular flexibility index (Phi) is 4.99. The zero-order chi connectivity index (χ0) is 26.1. The zero-order valence-corrected chi connectivity index (χ0v) is 23.9. The smallest absolute Gasteiger partial charge is 0.127 e. The van der Waals surface area contributed by atoms with Gasteiger partial charge in [-0.05, 0) is 159 Å². The molecule has 8 bridgehead atoms. The summed E-state index contributed by atoms with van der Waals surface area (Å²) in [6.07, 6.45) is 18.0. The van der Waals surface area contributed by atoms with Gasteiger partial charge in [-0.25, -0.2) is 0 Å². The van der Waals surface area contributed by atoms with Gasteiger partial charge in [-0.2, -0.15) is 0 Å². The van der Waals surface area contributed by atoms with Crippen LogP contribution < -0.4 is 9.47 Å². The lowest BCUT2D eigenvalue weighted by atomic mass is 9.44. The molecule has 40 heavy (non-hydrogen) atoms. The van der Waals surface area contributed by atoms with E-state index in [2.05, 4.69) is 24.3 Å². The summed E-state index contributed by atoms with van der Waals surface area (Å²) in [7, 11) is 0. The van der Waals surface area contributed by atoms with Crippen LogP contribution in [0.15, 0.2) is 24.3 Å². The number of rotatable bonds is 8.